The van der Waals surface area contributed by atoms with Crippen LogP contribution in [0.5, 0.6) is 0 Å². The van der Waals surface area contributed by atoms with Crippen LogP contribution in [0.15, 0.2) is 36.8 Å². The second kappa shape index (κ2) is 6.82. The minimum absolute atomic E-state index is 0.0373. The summed E-state index contributed by atoms with van der Waals surface area (Å²) in [5.41, 5.74) is 1.01. The second-order valence-corrected chi connectivity index (χ2v) is 5.99. The molecule has 1 aliphatic carbocycles. The summed E-state index contributed by atoms with van der Waals surface area (Å²) < 4.78 is 14.6. The van der Waals surface area contributed by atoms with Gasteiger partial charge in [0.05, 0.1) is 18.4 Å². The fourth-order valence-electron chi connectivity index (χ4n) is 3.01. The number of carbonyl (C=O) groups is 2. The van der Waals surface area contributed by atoms with Gasteiger partial charge in [-0.2, -0.15) is 0 Å². The predicted octanol–water partition coefficient (Wildman–Crippen LogP) is 2.38. The first-order valence-corrected chi connectivity index (χ1v) is 7.86. The summed E-state index contributed by atoms with van der Waals surface area (Å²) in [5, 5.41) is 11.9. The number of hydrogen-bond acceptors (Lipinski definition) is 3. The van der Waals surface area contributed by atoms with Crippen LogP contribution in [0.4, 0.5) is 4.39 Å². The van der Waals surface area contributed by atoms with Crippen molar-refractivity contribution in [2.45, 2.75) is 31.7 Å². The molecule has 1 fully saturated rings. The zero-order valence-corrected chi connectivity index (χ0v) is 13.0. The van der Waals surface area contributed by atoms with Gasteiger partial charge in [0.15, 0.2) is 0 Å². The van der Waals surface area contributed by atoms with Crippen molar-refractivity contribution in [3.8, 4) is 5.69 Å². The molecule has 3 rings (SSSR count). The molecule has 0 radical (unpaired) electrons. The van der Waals surface area contributed by atoms with Crippen molar-refractivity contribution in [1.82, 2.24) is 14.9 Å². The number of nitrogens with zero attached hydrogens (tertiary/aromatic N) is 2. The zero-order valence-electron chi connectivity index (χ0n) is 13.0. The van der Waals surface area contributed by atoms with E-state index in [1.807, 2.05) is 0 Å². The van der Waals surface area contributed by atoms with Crippen LogP contribution in [0.3, 0.4) is 0 Å². The lowest BCUT2D eigenvalue weighted by atomic mass is 9.86. The normalized spacial score (nSPS) is 20.5. The van der Waals surface area contributed by atoms with Crippen molar-refractivity contribution in [2.24, 2.45) is 5.92 Å². The molecule has 7 heteroatoms. The third-order valence-corrected chi connectivity index (χ3v) is 4.39. The van der Waals surface area contributed by atoms with Crippen molar-refractivity contribution in [1.29, 1.82) is 0 Å². The first-order chi connectivity index (χ1) is 11.5. The van der Waals surface area contributed by atoms with Gasteiger partial charge in [0.25, 0.3) is 5.91 Å². The molecule has 1 heterocycles. The van der Waals surface area contributed by atoms with Gasteiger partial charge in [0.2, 0.25) is 0 Å². The maximum atomic E-state index is 13.0. The summed E-state index contributed by atoms with van der Waals surface area (Å²) in [6, 6.07) is 5.76. The lowest BCUT2D eigenvalue weighted by Crippen LogP contribution is -2.39. The molecule has 6 nitrogen and oxygen atoms in total. The number of imidazole rings is 1. The van der Waals surface area contributed by atoms with E-state index in [0.717, 1.165) is 0 Å². The third-order valence-electron chi connectivity index (χ3n) is 4.39. The van der Waals surface area contributed by atoms with Crippen LogP contribution in [0, 0.1) is 11.7 Å². The highest BCUT2D eigenvalue weighted by Crippen LogP contribution is 2.24. The van der Waals surface area contributed by atoms with Crippen molar-refractivity contribution < 1.29 is 19.1 Å². The van der Waals surface area contributed by atoms with E-state index >= 15 is 0 Å². The summed E-state index contributed by atoms with van der Waals surface area (Å²) >= 11 is 0. The first-order valence-electron chi connectivity index (χ1n) is 7.86. The standard InChI is InChI=1S/C17H18FN3O3/c18-12-3-7-14(8-4-12)21-10-19-9-15(21)16(22)20-13-5-1-11(2-6-13)17(23)24/h3-4,7-11,13H,1-2,5-6H2,(H,20,22)(H,23,24). The van der Waals surface area contributed by atoms with Crippen LogP contribution >= 0.6 is 0 Å². The Bertz CT molecular complexity index is 734. The van der Waals surface area contributed by atoms with Gasteiger partial charge in [-0.3, -0.25) is 14.2 Å². The van der Waals surface area contributed by atoms with E-state index in [9.17, 15) is 14.0 Å². The van der Waals surface area contributed by atoms with Gasteiger partial charge in [0.1, 0.15) is 11.5 Å². The first kappa shape index (κ1) is 16.2. The molecular formula is C17H18FN3O3. The van der Waals surface area contributed by atoms with Crippen LogP contribution < -0.4 is 5.32 Å². The van der Waals surface area contributed by atoms with Gasteiger partial charge in [-0.05, 0) is 49.9 Å². The highest BCUT2D eigenvalue weighted by Gasteiger charge is 2.27. The Balaban J connectivity index is 1.67. The maximum absolute atomic E-state index is 13.0. The number of carboxylic acids is 1. The van der Waals surface area contributed by atoms with E-state index in [1.54, 1.807) is 16.7 Å². The minimum Gasteiger partial charge on any atom is -0.481 e. The summed E-state index contributed by atoms with van der Waals surface area (Å²) in [7, 11) is 0. The lowest BCUT2D eigenvalue weighted by Gasteiger charge is -2.26. The highest BCUT2D eigenvalue weighted by molar-refractivity contribution is 5.93. The Hall–Kier alpha value is -2.70. The van der Waals surface area contributed by atoms with E-state index in [1.165, 1.54) is 24.7 Å². The van der Waals surface area contributed by atoms with Crippen LogP contribution in [-0.4, -0.2) is 32.6 Å². The Kier molecular flexibility index (Phi) is 4.59. The summed E-state index contributed by atoms with van der Waals surface area (Å²) in [4.78, 5) is 27.5. The van der Waals surface area contributed by atoms with Gasteiger partial charge in [-0.25, -0.2) is 9.37 Å². The van der Waals surface area contributed by atoms with Crippen LogP contribution in [0.2, 0.25) is 0 Å². The van der Waals surface area contributed by atoms with Crippen molar-refractivity contribution >= 4 is 11.9 Å². The molecule has 1 aromatic heterocycles. The Morgan fingerprint density at radius 3 is 2.46 bits per heavy atom. The number of halogens is 1. The lowest BCUT2D eigenvalue weighted by molar-refractivity contribution is -0.142. The largest absolute Gasteiger partial charge is 0.481 e. The van der Waals surface area contributed by atoms with Gasteiger partial charge in [-0.15, -0.1) is 0 Å². The van der Waals surface area contributed by atoms with Crippen molar-refractivity contribution in [3.63, 3.8) is 0 Å². The number of nitrogens with one attached hydrogen (secondary N) is 1. The quantitative estimate of drug-likeness (QED) is 0.901. The van der Waals surface area contributed by atoms with Crippen molar-refractivity contribution in [2.75, 3.05) is 0 Å². The number of benzene rings is 1. The van der Waals surface area contributed by atoms with Crippen LogP contribution in [0.1, 0.15) is 36.2 Å². The topological polar surface area (TPSA) is 84.2 Å². The molecule has 1 aliphatic rings. The van der Waals surface area contributed by atoms with Gasteiger partial charge in [-0.1, -0.05) is 0 Å². The molecule has 24 heavy (non-hydrogen) atoms. The molecule has 0 saturated heterocycles. The molecule has 1 aromatic carbocycles. The number of amides is 1. The molecule has 2 aromatic rings. The maximum Gasteiger partial charge on any atom is 0.306 e. The fourth-order valence-corrected chi connectivity index (χ4v) is 3.01. The van der Waals surface area contributed by atoms with Gasteiger partial charge in [0, 0.05) is 11.7 Å². The molecule has 1 saturated carbocycles. The molecule has 1 amide bonds. The molecule has 0 aliphatic heterocycles. The van der Waals surface area contributed by atoms with Crippen molar-refractivity contribution in [3.05, 3.63) is 48.3 Å². The smallest absolute Gasteiger partial charge is 0.306 e. The second-order valence-electron chi connectivity index (χ2n) is 5.99. The van der Waals surface area contributed by atoms with Gasteiger partial charge < -0.3 is 10.4 Å². The Labute approximate surface area is 138 Å². The number of rotatable bonds is 4. The van der Waals surface area contributed by atoms with E-state index in [2.05, 4.69) is 10.3 Å². The average molecular weight is 331 g/mol. The molecule has 2 N–H and O–H groups in total. The van der Waals surface area contributed by atoms with E-state index in [-0.39, 0.29) is 23.7 Å². The molecule has 0 unspecified atom stereocenters. The highest BCUT2D eigenvalue weighted by atomic mass is 19.1. The zero-order chi connectivity index (χ0) is 17.1. The van der Waals surface area contributed by atoms with E-state index in [0.29, 0.717) is 37.1 Å². The Morgan fingerprint density at radius 1 is 1.17 bits per heavy atom. The van der Waals surface area contributed by atoms with Crippen LogP contribution in [0.25, 0.3) is 5.69 Å². The molecular weight excluding hydrogens is 313 g/mol. The predicted molar refractivity (Wildman–Crippen MR) is 84.4 cm³/mol. The third kappa shape index (κ3) is 3.45. The van der Waals surface area contributed by atoms with E-state index < -0.39 is 5.97 Å². The average Bonchev–Trinajstić information content (AvgIpc) is 3.06. The number of carboxylic acid groups (broad SMARTS) is 1. The number of carbonyl (C=O) groups excluding carboxylic acids is 1. The monoisotopic (exact) mass is 331 g/mol. The minimum atomic E-state index is -0.769. The summed E-state index contributed by atoms with van der Waals surface area (Å²) in [5.74, 6) is -1.70. The van der Waals surface area contributed by atoms with Gasteiger partial charge >= 0.3 is 5.97 Å². The Morgan fingerprint density at radius 2 is 1.83 bits per heavy atom. The molecule has 0 spiro atoms. The molecule has 126 valence electrons. The summed E-state index contributed by atoms with van der Waals surface area (Å²) in [6.07, 6.45) is 5.39. The van der Waals surface area contributed by atoms with E-state index in [4.69, 9.17) is 5.11 Å². The summed E-state index contributed by atoms with van der Waals surface area (Å²) in [6.45, 7) is 0. The number of aromatic nitrogens is 2. The molecule has 0 bridgehead atoms. The van der Waals surface area contributed by atoms with Crippen LogP contribution in [-0.2, 0) is 4.79 Å². The molecule has 0 atom stereocenters. The number of aliphatic carboxylic acids is 1. The number of hydrogen-bond donors (Lipinski definition) is 2. The fraction of sp³-hybridized carbons (Fsp3) is 0.353. The SMILES string of the molecule is O=C(NC1CCC(C(=O)O)CC1)c1cncn1-c1ccc(F)cc1.